The van der Waals surface area contributed by atoms with Crippen LogP contribution in [0.3, 0.4) is 0 Å². The Balaban J connectivity index is 1.67. The van der Waals surface area contributed by atoms with Crippen LogP contribution in [0.5, 0.6) is 0 Å². The van der Waals surface area contributed by atoms with Gasteiger partial charge in [0.25, 0.3) is 0 Å². The van der Waals surface area contributed by atoms with Crippen LogP contribution in [0.4, 0.5) is 0 Å². The zero-order valence-electron chi connectivity index (χ0n) is 14.9. The quantitative estimate of drug-likeness (QED) is 0.866. The van der Waals surface area contributed by atoms with Gasteiger partial charge in [-0.2, -0.15) is 0 Å². The molecule has 5 heteroatoms. The minimum absolute atomic E-state index is 0.153. The number of aryl methyl sites for hydroxylation is 2. The van der Waals surface area contributed by atoms with E-state index in [1.165, 1.54) is 5.56 Å². The van der Waals surface area contributed by atoms with Gasteiger partial charge >= 0.3 is 5.63 Å². The first-order chi connectivity index (χ1) is 12.0. The lowest BCUT2D eigenvalue weighted by atomic mass is 9.76. The maximum atomic E-state index is 12.0. The molecule has 0 amide bonds. The van der Waals surface area contributed by atoms with Crippen molar-refractivity contribution in [3.8, 4) is 0 Å². The fourth-order valence-corrected chi connectivity index (χ4v) is 4.41. The van der Waals surface area contributed by atoms with Gasteiger partial charge in [-0.3, -0.25) is 4.90 Å². The molecule has 0 bridgehead atoms. The molecule has 2 fully saturated rings. The summed E-state index contributed by atoms with van der Waals surface area (Å²) in [4.78, 5) is 14.3. The largest absolute Gasteiger partial charge is 0.423 e. The van der Waals surface area contributed by atoms with Gasteiger partial charge in [0.05, 0.1) is 13.2 Å². The molecule has 0 aliphatic carbocycles. The maximum Gasteiger partial charge on any atom is 0.336 e. The third-order valence-corrected chi connectivity index (χ3v) is 6.04. The topological polar surface area (TPSA) is 62.9 Å². The average molecular weight is 343 g/mol. The van der Waals surface area contributed by atoms with Crippen LogP contribution in [-0.4, -0.2) is 42.9 Å². The Morgan fingerprint density at radius 1 is 1.28 bits per heavy atom. The van der Waals surface area contributed by atoms with Gasteiger partial charge < -0.3 is 14.3 Å². The van der Waals surface area contributed by atoms with E-state index in [1.54, 1.807) is 6.07 Å². The average Bonchev–Trinajstić information content (AvgIpc) is 2.95. The minimum Gasteiger partial charge on any atom is -0.423 e. The molecule has 0 saturated carbocycles. The molecule has 134 valence electrons. The van der Waals surface area contributed by atoms with Crippen LogP contribution < -0.4 is 5.63 Å². The molecule has 2 aliphatic rings. The van der Waals surface area contributed by atoms with Crippen LogP contribution in [0, 0.1) is 25.2 Å². The van der Waals surface area contributed by atoms with E-state index in [-0.39, 0.29) is 17.6 Å². The third kappa shape index (κ3) is 2.90. The number of fused-ring (bicyclic) bond motifs is 2. The Hall–Kier alpha value is -1.69. The van der Waals surface area contributed by atoms with Gasteiger partial charge in [0.1, 0.15) is 5.58 Å². The monoisotopic (exact) mass is 343 g/mol. The van der Waals surface area contributed by atoms with Gasteiger partial charge in [0.2, 0.25) is 0 Å². The Labute approximate surface area is 147 Å². The Kier molecular flexibility index (Phi) is 4.18. The summed E-state index contributed by atoms with van der Waals surface area (Å²) in [5, 5.41) is 11.0. The molecule has 5 nitrogen and oxygen atoms in total. The fourth-order valence-electron chi connectivity index (χ4n) is 4.41. The summed E-state index contributed by atoms with van der Waals surface area (Å²) in [6.07, 6.45) is 0.993. The summed E-state index contributed by atoms with van der Waals surface area (Å²) in [5.41, 5.74) is 3.52. The van der Waals surface area contributed by atoms with Crippen molar-refractivity contribution in [1.82, 2.24) is 4.90 Å². The molecule has 4 rings (SSSR count). The molecule has 2 aromatic rings. The lowest BCUT2D eigenvalue weighted by Crippen LogP contribution is -2.42. The highest BCUT2D eigenvalue weighted by Gasteiger charge is 2.48. The van der Waals surface area contributed by atoms with Crippen molar-refractivity contribution in [3.63, 3.8) is 0 Å². The molecule has 0 spiro atoms. The summed E-state index contributed by atoms with van der Waals surface area (Å²) in [6, 6.07) is 5.67. The third-order valence-electron chi connectivity index (χ3n) is 6.04. The van der Waals surface area contributed by atoms with Gasteiger partial charge in [-0.05, 0) is 55.0 Å². The molecule has 2 atom stereocenters. The molecule has 2 saturated heterocycles. The van der Waals surface area contributed by atoms with Crippen LogP contribution in [-0.2, 0) is 11.3 Å². The summed E-state index contributed by atoms with van der Waals surface area (Å²) in [7, 11) is 0. The summed E-state index contributed by atoms with van der Waals surface area (Å²) in [6.45, 7) is 8.10. The lowest BCUT2D eigenvalue weighted by Gasteiger charge is -2.36. The fraction of sp³-hybridized carbons (Fsp3) is 0.550. The van der Waals surface area contributed by atoms with Crippen LogP contribution in [0.1, 0.15) is 23.1 Å². The van der Waals surface area contributed by atoms with E-state index in [2.05, 4.69) is 17.9 Å². The molecule has 3 heterocycles. The molecule has 1 N–H and O–H groups in total. The van der Waals surface area contributed by atoms with E-state index in [0.29, 0.717) is 24.7 Å². The molecule has 1 aromatic heterocycles. The number of ether oxygens (including phenoxy) is 1. The first kappa shape index (κ1) is 16.8. The number of likely N-dealkylation sites (tertiary alicyclic amines) is 1. The van der Waals surface area contributed by atoms with Crippen molar-refractivity contribution in [2.45, 2.75) is 26.8 Å². The number of nitrogens with zero attached hydrogens (tertiary/aromatic N) is 1. The van der Waals surface area contributed by atoms with Crippen molar-refractivity contribution >= 4 is 11.0 Å². The van der Waals surface area contributed by atoms with E-state index in [0.717, 1.165) is 42.6 Å². The SMILES string of the molecule is Cc1cc2oc(=O)cc(CN3C[C@@H]4CCOC[C@]4(CO)C3)c2cc1C. The van der Waals surface area contributed by atoms with E-state index >= 15 is 0 Å². The van der Waals surface area contributed by atoms with E-state index < -0.39 is 0 Å². The number of aliphatic hydroxyl groups excluding tert-OH is 1. The van der Waals surface area contributed by atoms with Crippen molar-refractivity contribution in [2.75, 3.05) is 32.9 Å². The lowest BCUT2D eigenvalue weighted by molar-refractivity contribution is -0.0561. The minimum atomic E-state index is -0.303. The second-order valence-corrected chi connectivity index (χ2v) is 7.75. The van der Waals surface area contributed by atoms with Gasteiger partial charge in [-0.1, -0.05) is 0 Å². The van der Waals surface area contributed by atoms with Crippen molar-refractivity contribution in [1.29, 1.82) is 0 Å². The Morgan fingerprint density at radius 2 is 2.08 bits per heavy atom. The van der Waals surface area contributed by atoms with Crippen LogP contribution in [0.2, 0.25) is 0 Å². The van der Waals surface area contributed by atoms with Crippen LogP contribution >= 0.6 is 0 Å². The van der Waals surface area contributed by atoms with Crippen molar-refractivity contribution in [3.05, 3.63) is 45.3 Å². The van der Waals surface area contributed by atoms with E-state index in [1.807, 2.05) is 13.0 Å². The number of aliphatic hydroxyl groups is 1. The molecule has 0 unspecified atom stereocenters. The van der Waals surface area contributed by atoms with E-state index in [9.17, 15) is 9.90 Å². The van der Waals surface area contributed by atoms with E-state index in [4.69, 9.17) is 9.15 Å². The molecule has 0 radical (unpaired) electrons. The van der Waals surface area contributed by atoms with Crippen molar-refractivity contribution < 1.29 is 14.3 Å². The Bertz CT molecular complexity index is 859. The first-order valence-corrected chi connectivity index (χ1v) is 8.96. The molecular weight excluding hydrogens is 318 g/mol. The predicted octanol–water partition coefficient (Wildman–Crippen LogP) is 2.24. The summed E-state index contributed by atoms with van der Waals surface area (Å²) in [5.74, 6) is 0.460. The summed E-state index contributed by atoms with van der Waals surface area (Å²) < 4.78 is 11.0. The second-order valence-electron chi connectivity index (χ2n) is 7.75. The highest BCUT2D eigenvalue weighted by atomic mass is 16.5. The highest BCUT2D eigenvalue weighted by molar-refractivity contribution is 5.81. The standard InChI is InChI=1S/C20H25NO4/c1-13-5-17-15(7-19(23)25-18(17)6-14(13)2)8-21-9-16-3-4-24-12-20(16,10-21)11-22/h5-7,16,22H,3-4,8-12H2,1-2H3/t16-,20+/m0/s1. The number of hydrogen-bond acceptors (Lipinski definition) is 5. The molecular formula is C20H25NO4. The zero-order valence-corrected chi connectivity index (χ0v) is 14.9. The second kappa shape index (κ2) is 6.24. The summed E-state index contributed by atoms with van der Waals surface area (Å²) >= 11 is 0. The van der Waals surface area contributed by atoms with Gasteiger partial charge in [0, 0.05) is 43.1 Å². The molecule has 25 heavy (non-hydrogen) atoms. The molecule has 2 aliphatic heterocycles. The van der Waals surface area contributed by atoms with Gasteiger partial charge in [-0.25, -0.2) is 4.79 Å². The zero-order chi connectivity index (χ0) is 17.6. The normalized spacial score (nSPS) is 26.9. The Morgan fingerprint density at radius 3 is 2.84 bits per heavy atom. The van der Waals surface area contributed by atoms with Crippen LogP contribution in [0.25, 0.3) is 11.0 Å². The predicted molar refractivity (Wildman–Crippen MR) is 95.7 cm³/mol. The number of benzene rings is 1. The molecule has 1 aromatic carbocycles. The van der Waals surface area contributed by atoms with Crippen molar-refractivity contribution in [2.24, 2.45) is 11.3 Å². The number of hydrogen-bond donors (Lipinski definition) is 1. The van der Waals surface area contributed by atoms with Gasteiger partial charge in [-0.15, -0.1) is 0 Å². The van der Waals surface area contributed by atoms with Crippen LogP contribution in [0.15, 0.2) is 27.4 Å². The highest BCUT2D eigenvalue weighted by Crippen LogP contribution is 2.41. The maximum absolute atomic E-state index is 12.0. The number of rotatable bonds is 3. The first-order valence-electron chi connectivity index (χ1n) is 8.96. The smallest absolute Gasteiger partial charge is 0.336 e. The van der Waals surface area contributed by atoms with Gasteiger partial charge in [0.15, 0.2) is 0 Å².